The van der Waals surface area contributed by atoms with Gasteiger partial charge >= 0.3 is 5.97 Å². The molecule has 2 aromatic rings. The van der Waals surface area contributed by atoms with Gasteiger partial charge in [0.25, 0.3) is 0 Å². The molecule has 1 amide bonds. The minimum Gasteiger partial charge on any atom is -0.491 e. The van der Waals surface area contributed by atoms with Crippen LogP contribution >= 0.6 is 0 Å². The summed E-state index contributed by atoms with van der Waals surface area (Å²) in [7, 11) is 0. The van der Waals surface area contributed by atoms with E-state index in [1.54, 1.807) is 56.3 Å². The van der Waals surface area contributed by atoms with Crippen molar-refractivity contribution >= 4 is 17.6 Å². The molecule has 0 bridgehead atoms. The highest BCUT2D eigenvalue weighted by Gasteiger charge is 2.14. The molecule has 0 unspecified atom stereocenters. The van der Waals surface area contributed by atoms with Crippen molar-refractivity contribution in [1.29, 1.82) is 0 Å². The molecule has 0 fully saturated rings. The molecule has 0 radical (unpaired) electrons. The zero-order chi connectivity index (χ0) is 18.4. The first-order valence-corrected chi connectivity index (χ1v) is 7.81. The lowest BCUT2D eigenvalue weighted by Gasteiger charge is -2.17. The molecule has 0 atom stereocenters. The summed E-state index contributed by atoms with van der Waals surface area (Å²) in [5.41, 5.74) is 0.226. The molecule has 3 N–H and O–H groups in total. The summed E-state index contributed by atoms with van der Waals surface area (Å²) in [6, 6.07) is 13.2. The number of carboxylic acids is 1. The van der Waals surface area contributed by atoms with E-state index in [0.717, 1.165) is 0 Å². The highest BCUT2D eigenvalue weighted by atomic mass is 16.5. The summed E-state index contributed by atoms with van der Waals surface area (Å²) >= 11 is 0. The van der Waals surface area contributed by atoms with Crippen molar-refractivity contribution in [1.82, 2.24) is 0 Å². The number of ether oxygens (including phenoxy) is 1. The average molecular weight is 343 g/mol. The number of hydrogen-bond donors (Lipinski definition) is 3. The highest BCUT2D eigenvalue weighted by Crippen LogP contribution is 2.18. The fraction of sp³-hybridized carbons (Fsp3) is 0.263. The standard InChI is InChI=1S/C19H21NO5/c1-19(2,24)12-25-15-9-7-14(8-10-15)20-17(21)11-13-5-3-4-6-16(13)18(22)23/h3-10,24H,11-12H2,1-2H3,(H,20,21)(H,22,23). The Balaban J connectivity index is 1.96. The van der Waals surface area contributed by atoms with Gasteiger partial charge in [-0.3, -0.25) is 4.79 Å². The lowest BCUT2D eigenvalue weighted by Crippen LogP contribution is -2.27. The van der Waals surface area contributed by atoms with Crippen molar-refractivity contribution < 1.29 is 24.5 Å². The number of anilines is 1. The van der Waals surface area contributed by atoms with Crippen molar-refractivity contribution in [2.75, 3.05) is 11.9 Å². The third-order valence-electron chi connectivity index (χ3n) is 3.33. The summed E-state index contributed by atoms with van der Waals surface area (Å²) in [6.07, 6.45) is -0.0283. The van der Waals surface area contributed by atoms with Crippen LogP contribution in [0.2, 0.25) is 0 Å². The Kier molecular flexibility index (Phi) is 5.77. The first-order valence-electron chi connectivity index (χ1n) is 7.81. The third-order valence-corrected chi connectivity index (χ3v) is 3.33. The molecule has 2 aromatic carbocycles. The zero-order valence-electron chi connectivity index (χ0n) is 14.2. The van der Waals surface area contributed by atoms with Crippen LogP contribution in [0.15, 0.2) is 48.5 Å². The van der Waals surface area contributed by atoms with Gasteiger partial charge in [0.1, 0.15) is 12.4 Å². The Morgan fingerprint density at radius 3 is 2.32 bits per heavy atom. The van der Waals surface area contributed by atoms with Crippen LogP contribution in [0.5, 0.6) is 5.75 Å². The van der Waals surface area contributed by atoms with Crippen LogP contribution in [-0.4, -0.2) is 34.3 Å². The molecule has 6 heteroatoms. The Bertz CT molecular complexity index is 747. The van der Waals surface area contributed by atoms with Crippen LogP contribution in [0.3, 0.4) is 0 Å². The number of rotatable bonds is 7. The molecule has 0 heterocycles. The number of carbonyl (C=O) groups excluding carboxylic acids is 1. The second-order valence-electron chi connectivity index (χ2n) is 6.31. The number of aromatic carboxylic acids is 1. The molecule has 0 spiro atoms. The molecule has 0 saturated carbocycles. The topological polar surface area (TPSA) is 95.9 Å². The van der Waals surface area contributed by atoms with Gasteiger partial charge in [0.05, 0.1) is 17.6 Å². The predicted molar refractivity (Wildman–Crippen MR) is 94.0 cm³/mol. The van der Waals surface area contributed by atoms with Gasteiger partial charge in [0.15, 0.2) is 0 Å². The number of carbonyl (C=O) groups is 2. The number of nitrogens with one attached hydrogen (secondary N) is 1. The van der Waals surface area contributed by atoms with E-state index in [4.69, 9.17) is 9.84 Å². The first kappa shape index (κ1) is 18.5. The van der Waals surface area contributed by atoms with E-state index in [0.29, 0.717) is 17.0 Å². The van der Waals surface area contributed by atoms with Crippen molar-refractivity contribution in [2.45, 2.75) is 25.9 Å². The van der Waals surface area contributed by atoms with E-state index in [1.165, 1.54) is 6.07 Å². The molecule has 0 saturated heterocycles. The predicted octanol–water partition coefficient (Wildman–Crippen LogP) is 2.72. The van der Waals surface area contributed by atoms with Crippen LogP contribution in [-0.2, 0) is 11.2 Å². The number of carboxylic acid groups (broad SMARTS) is 1. The molecular formula is C19H21NO5. The quantitative estimate of drug-likeness (QED) is 0.718. The van der Waals surface area contributed by atoms with Gasteiger partial charge < -0.3 is 20.3 Å². The Hall–Kier alpha value is -2.86. The molecule has 132 valence electrons. The molecule has 0 aromatic heterocycles. The summed E-state index contributed by atoms with van der Waals surface area (Å²) in [4.78, 5) is 23.3. The van der Waals surface area contributed by atoms with Crippen LogP contribution in [0, 0.1) is 0 Å². The number of aliphatic hydroxyl groups is 1. The zero-order valence-corrected chi connectivity index (χ0v) is 14.2. The van der Waals surface area contributed by atoms with E-state index >= 15 is 0 Å². The SMILES string of the molecule is CC(C)(O)COc1ccc(NC(=O)Cc2ccccc2C(=O)O)cc1. The summed E-state index contributed by atoms with van der Waals surface area (Å²) in [5.74, 6) is -0.785. The van der Waals surface area contributed by atoms with E-state index in [2.05, 4.69) is 5.32 Å². The fourth-order valence-corrected chi connectivity index (χ4v) is 2.16. The largest absolute Gasteiger partial charge is 0.491 e. The fourth-order valence-electron chi connectivity index (χ4n) is 2.16. The first-order chi connectivity index (χ1) is 11.7. The maximum absolute atomic E-state index is 12.1. The number of benzene rings is 2. The van der Waals surface area contributed by atoms with Crippen LogP contribution < -0.4 is 10.1 Å². The molecule has 0 aliphatic rings. The minimum absolute atomic E-state index is 0.0283. The van der Waals surface area contributed by atoms with Gasteiger partial charge in [0, 0.05) is 5.69 Å². The lowest BCUT2D eigenvalue weighted by atomic mass is 10.0. The van der Waals surface area contributed by atoms with E-state index in [-0.39, 0.29) is 24.5 Å². The van der Waals surface area contributed by atoms with Crippen LogP contribution in [0.4, 0.5) is 5.69 Å². The van der Waals surface area contributed by atoms with E-state index in [9.17, 15) is 14.7 Å². The van der Waals surface area contributed by atoms with Gasteiger partial charge in [0.2, 0.25) is 5.91 Å². The van der Waals surface area contributed by atoms with Crippen LogP contribution in [0.1, 0.15) is 29.8 Å². The monoisotopic (exact) mass is 343 g/mol. The maximum atomic E-state index is 12.1. The van der Waals surface area contributed by atoms with E-state index in [1.807, 2.05) is 0 Å². The van der Waals surface area contributed by atoms with E-state index < -0.39 is 11.6 Å². The molecule has 25 heavy (non-hydrogen) atoms. The second kappa shape index (κ2) is 7.81. The molecule has 6 nitrogen and oxygen atoms in total. The Morgan fingerprint density at radius 1 is 1.08 bits per heavy atom. The third kappa shape index (κ3) is 5.93. The minimum atomic E-state index is -1.06. The maximum Gasteiger partial charge on any atom is 0.335 e. The molecular weight excluding hydrogens is 322 g/mol. The Labute approximate surface area is 146 Å². The van der Waals surface area contributed by atoms with Crippen molar-refractivity contribution in [3.63, 3.8) is 0 Å². The summed E-state index contributed by atoms with van der Waals surface area (Å²) in [5, 5.41) is 21.5. The molecule has 0 aliphatic carbocycles. The smallest absolute Gasteiger partial charge is 0.335 e. The molecule has 2 rings (SSSR count). The second-order valence-corrected chi connectivity index (χ2v) is 6.31. The summed E-state index contributed by atoms with van der Waals surface area (Å²) < 4.78 is 5.44. The van der Waals surface area contributed by atoms with Gasteiger partial charge in [-0.1, -0.05) is 18.2 Å². The van der Waals surface area contributed by atoms with Gasteiger partial charge in [-0.2, -0.15) is 0 Å². The highest BCUT2D eigenvalue weighted by molar-refractivity contribution is 5.96. The van der Waals surface area contributed by atoms with Gasteiger partial charge in [-0.15, -0.1) is 0 Å². The molecule has 0 aliphatic heterocycles. The van der Waals surface area contributed by atoms with Gasteiger partial charge in [-0.25, -0.2) is 4.79 Å². The number of hydrogen-bond acceptors (Lipinski definition) is 4. The van der Waals surface area contributed by atoms with Crippen LogP contribution in [0.25, 0.3) is 0 Å². The summed E-state index contributed by atoms with van der Waals surface area (Å²) in [6.45, 7) is 3.46. The average Bonchev–Trinajstić information content (AvgIpc) is 2.53. The normalized spacial score (nSPS) is 11.0. The number of amides is 1. The Morgan fingerprint density at radius 2 is 1.72 bits per heavy atom. The van der Waals surface area contributed by atoms with Crippen molar-refractivity contribution in [2.24, 2.45) is 0 Å². The van der Waals surface area contributed by atoms with Gasteiger partial charge in [-0.05, 0) is 49.7 Å². The lowest BCUT2D eigenvalue weighted by molar-refractivity contribution is -0.115. The van der Waals surface area contributed by atoms with Crippen molar-refractivity contribution in [3.05, 3.63) is 59.7 Å². The van der Waals surface area contributed by atoms with Crippen molar-refractivity contribution in [3.8, 4) is 5.75 Å².